The molecule has 1 aromatic rings. The van der Waals surface area contributed by atoms with Crippen molar-refractivity contribution < 1.29 is 0 Å². The van der Waals surface area contributed by atoms with Gasteiger partial charge in [-0.15, -0.1) is 0 Å². The highest BCUT2D eigenvalue weighted by molar-refractivity contribution is 5.07. The molecule has 0 aliphatic carbocycles. The van der Waals surface area contributed by atoms with E-state index in [1.807, 2.05) is 18.5 Å². The first kappa shape index (κ1) is 14.5. The summed E-state index contributed by atoms with van der Waals surface area (Å²) in [5.41, 5.74) is 1.80. The van der Waals surface area contributed by atoms with Gasteiger partial charge in [-0.1, -0.05) is 19.9 Å². The van der Waals surface area contributed by atoms with Gasteiger partial charge in [0.05, 0.1) is 0 Å². The number of aromatic nitrogens is 1. The Labute approximate surface area is 117 Å². The van der Waals surface area contributed by atoms with E-state index in [0.717, 1.165) is 19.6 Å². The molecule has 0 radical (unpaired) electrons. The molecule has 106 valence electrons. The van der Waals surface area contributed by atoms with Crippen molar-refractivity contribution in [2.24, 2.45) is 5.41 Å². The molecule has 0 atom stereocenters. The largest absolute Gasteiger partial charge is 0.311 e. The highest BCUT2D eigenvalue weighted by Crippen LogP contribution is 2.29. The predicted octanol–water partition coefficient (Wildman–Crippen LogP) is 2.68. The molecule has 1 saturated heterocycles. The Kier molecular flexibility index (Phi) is 5.34. The standard InChI is InChI=1S/C16H27N3/c1-16(2)6-4-10-19(11-7-16)12-9-18-14-15-5-3-8-17-13-15/h3,5,8,13,18H,4,6-7,9-12,14H2,1-2H3. The van der Waals surface area contributed by atoms with Gasteiger partial charge in [-0.05, 0) is 49.4 Å². The van der Waals surface area contributed by atoms with E-state index in [-0.39, 0.29) is 0 Å². The minimum absolute atomic E-state index is 0.540. The Morgan fingerprint density at radius 2 is 2.21 bits per heavy atom. The predicted molar refractivity (Wildman–Crippen MR) is 80.0 cm³/mol. The van der Waals surface area contributed by atoms with Gasteiger partial charge in [-0.2, -0.15) is 0 Å². The molecule has 0 amide bonds. The monoisotopic (exact) mass is 261 g/mol. The van der Waals surface area contributed by atoms with Gasteiger partial charge in [-0.3, -0.25) is 4.98 Å². The Bertz CT molecular complexity index is 362. The smallest absolute Gasteiger partial charge is 0.0312 e. The minimum atomic E-state index is 0.540. The zero-order valence-corrected chi connectivity index (χ0v) is 12.4. The summed E-state index contributed by atoms with van der Waals surface area (Å²) in [5, 5.41) is 3.51. The van der Waals surface area contributed by atoms with Crippen molar-refractivity contribution in [1.82, 2.24) is 15.2 Å². The van der Waals surface area contributed by atoms with Crippen LogP contribution in [-0.4, -0.2) is 36.1 Å². The first-order valence-electron chi connectivity index (χ1n) is 7.48. The van der Waals surface area contributed by atoms with Crippen molar-refractivity contribution in [3.63, 3.8) is 0 Å². The van der Waals surface area contributed by atoms with Crippen LogP contribution in [0.1, 0.15) is 38.7 Å². The number of hydrogen-bond donors (Lipinski definition) is 1. The summed E-state index contributed by atoms with van der Waals surface area (Å²) in [5.74, 6) is 0. The van der Waals surface area contributed by atoms with Gasteiger partial charge in [0.25, 0.3) is 0 Å². The maximum Gasteiger partial charge on any atom is 0.0312 e. The first-order chi connectivity index (χ1) is 9.16. The van der Waals surface area contributed by atoms with E-state index in [9.17, 15) is 0 Å². The summed E-state index contributed by atoms with van der Waals surface area (Å²) in [6, 6.07) is 4.11. The van der Waals surface area contributed by atoms with Crippen molar-refractivity contribution in [2.75, 3.05) is 26.2 Å². The second-order valence-electron chi connectivity index (χ2n) is 6.40. The fraction of sp³-hybridized carbons (Fsp3) is 0.688. The van der Waals surface area contributed by atoms with Crippen LogP contribution in [0.25, 0.3) is 0 Å². The molecule has 1 N–H and O–H groups in total. The highest BCUT2D eigenvalue weighted by atomic mass is 15.1. The van der Waals surface area contributed by atoms with Gasteiger partial charge >= 0.3 is 0 Å². The van der Waals surface area contributed by atoms with Gasteiger partial charge < -0.3 is 10.2 Å². The lowest BCUT2D eigenvalue weighted by Crippen LogP contribution is -2.33. The van der Waals surface area contributed by atoms with Crippen LogP contribution in [0, 0.1) is 5.41 Å². The van der Waals surface area contributed by atoms with Crippen LogP contribution < -0.4 is 5.32 Å². The van der Waals surface area contributed by atoms with Crippen LogP contribution in [0.5, 0.6) is 0 Å². The quantitative estimate of drug-likeness (QED) is 0.826. The minimum Gasteiger partial charge on any atom is -0.311 e. The Hall–Kier alpha value is -0.930. The molecule has 0 spiro atoms. The van der Waals surface area contributed by atoms with Crippen LogP contribution in [0.2, 0.25) is 0 Å². The van der Waals surface area contributed by atoms with Crippen molar-refractivity contribution in [3.05, 3.63) is 30.1 Å². The van der Waals surface area contributed by atoms with Gasteiger partial charge in [0.1, 0.15) is 0 Å². The average Bonchev–Trinajstić information content (AvgIpc) is 2.57. The molecule has 2 rings (SSSR count). The van der Waals surface area contributed by atoms with Crippen LogP contribution in [-0.2, 0) is 6.54 Å². The van der Waals surface area contributed by atoms with E-state index in [1.54, 1.807) is 0 Å². The summed E-state index contributed by atoms with van der Waals surface area (Å²) in [6.07, 6.45) is 7.79. The average molecular weight is 261 g/mol. The zero-order valence-electron chi connectivity index (χ0n) is 12.4. The third-order valence-electron chi connectivity index (χ3n) is 4.09. The Morgan fingerprint density at radius 1 is 1.32 bits per heavy atom. The molecule has 1 aliphatic heterocycles. The topological polar surface area (TPSA) is 28.2 Å². The van der Waals surface area contributed by atoms with Gasteiger partial charge in [-0.25, -0.2) is 0 Å². The van der Waals surface area contributed by atoms with Gasteiger partial charge in [0, 0.05) is 32.0 Å². The van der Waals surface area contributed by atoms with Gasteiger partial charge in [0.15, 0.2) is 0 Å². The van der Waals surface area contributed by atoms with Crippen LogP contribution in [0.3, 0.4) is 0 Å². The van der Waals surface area contributed by atoms with E-state index >= 15 is 0 Å². The van der Waals surface area contributed by atoms with Crippen molar-refractivity contribution >= 4 is 0 Å². The zero-order chi connectivity index (χ0) is 13.6. The molecule has 0 aromatic carbocycles. The molecule has 0 saturated carbocycles. The number of rotatable bonds is 5. The molecule has 3 heteroatoms. The molecule has 0 unspecified atom stereocenters. The van der Waals surface area contributed by atoms with Crippen LogP contribution in [0.4, 0.5) is 0 Å². The molecule has 0 bridgehead atoms. The number of pyridine rings is 1. The third kappa shape index (κ3) is 5.29. The highest BCUT2D eigenvalue weighted by Gasteiger charge is 2.22. The summed E-state index contributed by atoms with van der Waals surface area (Å²) >= 11 is 0. The molecule has 19 heavy (non-hydrogen) atoms. The molecular weight excluding hydrogens is 234 g/mol. The molecule has 2 heterocycles. The Balaban J connectivity index is 1.63. The second-order valence-corrected chi connectivity index (χ2v) is 6.40. The number of nitrogens with zero attached hydrogens (tertiary/aromatic N) is 2. The van der Waals surface area contributed by atoms with Crippen molar-refractivity contribution in [2.45, 2.75) is 39.7 Å². The molecule has 1 aliphatic rings. The summed E-state index contributed by atoms with van der Waals surface area (Å²) in [7, 11) is 0. The Morgan fingerprint density at radius 3 is 3.00 bits per heavy atom. The van der Waals surface area contributed by atoms with E-state index in [0.29, 0.717) is 5.41 Å². The lowest BCUT2D eigenvalue weighted by molar-refractivity contribution is 0.262. The maximum atomic E-state index is 4.13. The van der Waals surface area contributed by atoms with E-state index < -0.39 is 0 Å². The fourth-order valence-electron chi connectivity index (χ4n) is 2.67. The summed E-state index contributed by atoms with van der Waals surface area (Å²) < 4.78 is 0. The van der Waals surface area contributed by atoms with E-state index in [4.69, 9.17) is 0 Å². The molecule has 3 nitrogen and oxygen atoms in total. The van der Waals surface area contributed by atoms with E-state index in [2.05, 4.69) is 35.1 Å². The summed E-state index contributed by atoms with van der Waals surface area (Å²) in [4.78, 5) is 6.73. The number of likely N-dealkylation sites (tertiary alicyclic amines) is 1. The molecular formula is C16H27N3. The third-order valence-corrected chi connectivity index (χ3v) is 4.09. The van der Waals surface area contributed by atoms with Crippen molar-refractivity contribution in [3.8, 4) is 0 Å². The van der Waals surface area contributed by atoms with Crippen LogP contribution in [0.15, 0.2) is 24.5 Å². The lowest BCUT2D eigenvalue weighted by Gasteiger charge is -2.23. The number of hydrogen-bond acceptors (Lipinski definition) is 3. The van der Waals surface area contributed by atoms with Gasteiger partial charge in [0.2, 0.25) is 0 Å². The maximum absolute atomic E-state index is 4.13. The second kappa shape index (κ2) is 7.01. The summed E-state index contributed by atoms with van der Waals surface area (Å²) in [6.45, 7) is 10.5. The first-order valence-corrected chi connectivity index (χ1v) is 7.48. The lowest BCUT2D eigenvalue weighted by atomic mass is 9.85. The number of nitrogens with one attached hydrogen (secondary N) is 1. The van der Waals surface area contributed by atoms with Crippen molar-refractivity contribution in [1.29, 1.82) is 0 Å². The molecule has 1 fully saturated rings. The fourth-order valence-corrected chi connectivity index (χ4v) is 2.67. The normalized spacial score (nSPS) is 20.1. The van der Waals surface area contributed by atoms with E-state index in [1.165, 1.54) is 37.9 Å². The SMILES string of the molecule is CC1(C)CCCN(CCNCc2cccnc2)CC1. The van der Waals surface area contributed by atoms with Crippen LogP contribution >= 0.6 is 0 Å². The molecule has 1 aromatic heterocycles.